The molecule has 34 heavy (non-hydrogen) atoms. The van der Waals surface area contributed by atoms with E-state index >= 15 is 0 Å². The standard InChI is InChI=1S/C21H35N13/c22-14-8-15(23)11-33(10-14)20-28-19(29-21(30-20)34-12-16(24)9-17(25)13-34)32-6-4-31(5-7-32)18-26-2-1-3-27-18/h1-3,14-17H,4-13,22-25H2. The first-order chi connectivity index (χ1) is 16.4. The number of nitrogens with zero attached hydrogens (tertiary/aromatic N) is 9. The largest absolute Gasteiger partial charge is 0.338 e. The van der Waals surface area contributed by atoms with Crippen LogP contribution >= 0.6 is 0 Å². The maximum Gasteiger partial charge on any atom is 0.232 e. The molecule has 3 fully saturated rings. The molecule has 4 atom stereocenters. The molecule has 0 spiro atoms. The maximum absolute atomic E-state index is 6.26. The lowest BCUT2D eigenvalue weighted by molar-refractivity contribution is 0.440. The summed E-state index contributed by atoms with van der Waals surface area (Å²) in [6, 6.07) is 1.76. The van der Waals surface area contributed by atoms with Crippen molar-refractivity contribution in [1.29, 1.82) is 0 Å². The van der Waals surface area contributed by atoms with Gasteiger partial charge in [-0.1, -0.05) is 0 Å². The molecule has 0 saturated carbocycles. The first-order valence-corrected chi connectivity index (χ1v) is 12.0. The van der Waals surface area contributed by atoms with Crippen LogP contribution in [0, 0.1) is 0 Å². The van der Waals surface area contributed by atoms with Crippen LogP contribution in [0.4, 0.5) is 23.8 Å². The SMILES string of the molecule is NC1CC(N)CN(c2nc(N3CCN(c4ncccn4)CC3)nc(N3CC(N)CC(N)C3)n2)C1. The molecule has 184 valence electrons. The Morgan fingerprint density at radius 1 is 0.529 bits per heavy atom. The molecule has 0 radical (unpaired) electrons. The summed E-state index contributed by atoms with van der Waals surface area (Å²) in [6.07, 6.45) is 5.11. The predicted molar refractivity (Wildman–Crippen MR) is 132 cm³/mol. The van der Waals surface area contributed by atoms with Gasteiger partial charge in [0.25, 0.3) is 0 Å². The highest BCUT2D eigenvalue weighted by atomic mass is 15.4. The van der Waals surface area contributed by atoms with Crippen LogP contribution in [-0.4, -0.2) is 101 Å². The molecule has 5 heterocycles. The van der Waals surface area contributed by atoms with Crippen LogP contribution in [-0.2, 0) is 0 Å². The Bertz CT molecular complexity index is 887. The van der Waals surface area contributed by atoms with Gasteiger partial charge in [0.1, 0.15) is 0 Å². The Morgan fingerprint density at radius 2 is 0.882 bits per heavy atom. The molecule has 2 aromatic rings. The molecule has 13 nitrogen and oxygen atoms in total. The Labute approximate surface area is 199 Å². The molecule has 4 unspecified atom stereocenters. The van der Waals surface area contributed by atoms with E-state index in [-0.39, 0.29) is 24.2 Å². The average molecular weight is 470 g/mol. The quantitative estimate of drug-likeness (QED) is 0.376. The van der Waals surface area contributed by atoms with Crippen LogP contribution in [0.1, 0.15) is 12.8 Å². The van der Waals surface area contributed by atoms with E-state index in [1.54, 1.807) is 12.4 Å². The lowest BCUT2D eigenvalue weighted by atomic mass is 10.0. The molecule has 5 rings (SSSR count). The van der Waals surface area contributed by atoms with Crippen molar-refractivity contribution in [2.45, 2.75) is 37.0 Å². The second-order valence-corrected chi connectivity index (χ2v) is 9.58. The van der Waals surface area contributed by atoms with Crippen molar-refractivity contribution in [2.75, 3.05) is 72.0 Å². The number of piperidine rings is 2. The van der Waals surface area contributed by atoms with Gasteiger partial charge < -0.3 is 42.5 Å². The number of rotatable bonds is 4. The Hall–Kier alpha value is -2.87. The van der Waals surface area contributed by atoms with E-state index in [0.717, 1.165) is 45.0 Å². The topological polar surface area (TPSA) is 181 Å². The third-order valence-corrected chi connectivity index (χ3v) is 6.59. The molecular weight excluding hydrogens is 434 g/mol. The minimum absolute atomic E-state index is 0.0151. The summed E-state index contributed by atoms with van der Waals surface area (Å²) < 4.78 is 0. The summed E-state index contributed by atoms with van der Waals surface area (Å²) in [5, 5.41) is 0. The normalized spacial score (nSPS) is 28.4. The van der Waals surface area contributed by atoms with Crippen LogP contribution < -0.4 is 42.5 Å². The van der Waals surface area contributed by atoms with Gasteiger partial charge in [-0.2, -0.15) is 15.0 Å². The van der Waals surface area contributed by atoms with Gasteiger partial charge in [0.05, 0.1) is 0 Å². The van der Waals surface area contributed by atoms with Crippen molar-refractivity contribution in [2.24, 2.45) is 22.9 Å². The lowest BCUT2D eigenvalue weighted by Gasteiger charge is -2.38. The average Bonchev–Trinajstić information content (AvgIpc) is 2.83. The number of hydrogen-bond acceptors (Lipinski definition) is 13. The molecule has 2 aromatic heterocycles. The van der Waals surface area contributed by atoms with Crippen LogP contribution in [0.3, 0.4) is 0 Å². The number of hydrogen-bond donors (Lipinski definition) is 4. The van der Waals surface area contributed by atoms with Crippen LogP contribution in [0.15, 0.2) is 18.5 Å². The second kappa shape index (κ2) is 9.78. The minimum Gasteiger partial charge on any atom is -0.338 e. The summed E-state index contributed by atoms with van der Waals surface area (Å²) in [4.78, 5) is 31.8. The van der Waals surface area contributed by atoms with Gasteiger partial charge in [-0.3, -0.25) is 0 Å². The number of anilines is 4. The van der Waals surface area contributed by atoms with E-state index in [4.69, 9.17) is 37.9 Å². The van der Waals surface area contributed by atoms with E-state index in [2.05, 4.69) is 29.6 Å². The van der Waals surface area contributed by atoms with Gasteiger partial charge in [-0.15, -0.1) is 0 Å². The highest BCUT2D eigenvalue weighted by molar-refractivity contribution is 5.49. The molecule has 0 aromatic carbocycles. The molecule has 3 aliphatic rings. The smallest absolute Gasteiger partial charge is 0.232 e. The zero-order valence-electron chi connectivity index (χ0n) is 19.4. The summed E-state index contributed by atoms with van der Waals surface area (Å²) >= 11 is 0. The number of piperazine rings is 1. The van der Waals surface area contributed by atoms with E-state index in [1.807, 2.05) is 6.07 Å². The Kier molecular flexibility index (Phi) is 6.59. The molecular formula is C21H35N13. The predicted octanol–water partition coefficient (Wildman–Crippen LogP) is -2.28. The van der Waals surface area contributed by atoms with E-state index in [1.165, 1.54) is 0 Å². The van der Waals surface area contributed by atoms with Crippen LogP contribution in [0.25, 0.3) is 0 Å². The van der Waals surface area contributed by atoms with E-state index < -0.39 is 0 Å². The molecule has 3 saturated heterocycles. The van der Waals surface area contributed by atoms with Gasteiger partial charge in [-0.05, 0) is 18.9 Å². The fraction of sp³-hybridized carbons (Fsp3) is 0.667. The molecule has 3 aliphatic heterocycles. The van der Waals surface area contributed by atoms with Gasteiger partial charge in [-0.25, -0.2) is 9.97 Å². The van der Waals surface area contributed by atoms with Crippen molar-refractivity contribution < 1.29 is 0 Å². The fourth-order valence-corrected chi connectivity index (χ4v) is 5.01. The highest BCUT2D eigenvalue weighted by Gasteiger charge is 2.30. The van der Waals surface area contributed by atoms with E-state index in [0.29, 0.717) is 44.0 Å². The lowest BCUT2D eigenvalue weighted by Crippen LogP contribution is -2.54. The monoisotopic (exact) mass is 469 g/mol. The Balaban J connectivity index is 1.40. The zero-order chi connectivity index (χ0) is 23.7. The Morgan fingerprint density at radius 3 is 1.29 bits per heavy atom. The van der Waals surface area contributed by atoms with Gasteiger partial charge in [0.15, 0.2) is 0 Å². The first-order valence-electron chi connectivity index (χ1n) is 12.0. The summed E-state index contributed by atoms with van der Waals surface area (Å²) in [7, 11) is 0. The van der Waals surface area contributed by atoms with Gasteiger partial charge in [0, 0.05) is 88.9 Å². The van der Waals surface area contributed by atoms with Crippen LogP contribution in [0.2, 0.25) is 0 Å². The van der Waals surface area contributed by atoms with Gasteiger partial charge in [0.2, 0.25) is 23.8 Å². The zero-order valence-corrected chi connectivity index (χ0v) is 19.4. The molecule has 13 heteroatoms. The fourth-order valence-electron chi connectivity index (χ4n) is 5.01. The minimum atomic E-state index is -0.0151. The van der Waals surface area contributed by atoms with Crippen molar-refractivity contribution in [3.05, 3.63) is 18.5 Å². The summed E-state index contributed by atoms with van der Waals surface area (Å²) in [5.41, 5.74) is 25.0. The maximum atomic E-state index is 6.26. The molecule has 8 N–H and O–H groups in total. The third kappa shape index (κ3) is 5.12. The highest BCUT2D eigenvalue weighted by Crippen LogP contribution is 2.24. The first kappa shape index (κ1) is 22.9. The molecule has 0 amide bonds. The third-order valence-electron chi connectivity index (χ3n) is 6.59. The number of aromatic nitrogens is 5. The van der Waals surface area contributed by atoms with Crippen LogP contribution in [0.5, 0.6) is 0 Å². The van der Waals surface area contributed by atoms with E-state index in [9.17, 15) is 0 Å². The van der Waals surface area contributed by atoms with Crippen molar-refractivity contribution in [1.82, 2.24) is 24.9 Å². The van der Waals surface area contributed by atoms with Crippen molar-refractivity contribution >= 4 is 23.8 Å². The van der Waals surface area contributed by atoms with Crippen molar-refractivity contribution in [3.63, 3.8) is 0 Å². The summed E-state index contributed by atoms with van der Waals surface area (Å²) in [6.45, 7) is 5.70. The van der Waals surface area contributed by atoms with Crippen molar-refractivity contribution in [3.8, 4) is 0 Å². The molecule has 0 bridgehead atoms. The molecule has 0 aliphatic carbocycles. The number of nitrogens with two attached hydrogens (primary N) is 4. The second-order valence-electron chi connectivity index (χ2n) is 9.58. The summed E-state index contributed by atoms with van der Waals surface area (Å²) in [5.74, 6) is 2.60. The van der Waals surface area contributed by atoms with Gasteiger partial charge >= 0.3 is 0 Å².